The maximum atomic E-state index is 14.4. The van der Waals surface area contributed by atoms with Gasteiger partial charge in [0.15, 0.2) is 0 Å². The highest BCUT2D eigenvalue weighted by Gasteiger charge is 2.30. The predicted octanol–water partition coefficient (Wildman–Crippen LogP) is 3.58. The van der Waals surface area contributed by atoms with Gasteiger partial charge < -0.3 is 15.4 Å². The predicted molar refractivity (Wildman–Crippen MR) is 107 cm³/mol. The molecule has 1 saturated heterocycles. The van der Waals surface area contributed by atoms with E-state index in [0.29, 0.717) is 28.9 Å². The van der Waals surface area contributed by atoms with Gasteiger partial charge >= 0.3 is 0 Å². The Kier molecular flexibility index (Phi) is 5.23. The number of hydrogen-bond donors (Lipinski definition) is 1. The van der Waals surface area contributed by atoms with Gasteiger partial charge in [0.1, 0.15) is 5.82 Å². The molecule has 4 rings (SSSR count). The van der Waals surface area contributed by atoms with Gasteiger partial charge in [0.2, 0.25) is 5.95 Å². The molecule has 2 aromatic heterocycles. The molecule has 146 valence electrons. The molecular weight excluding hydrogens is 379 g/mol. The lowest BCUT2D eigenvalue weighted by molar-refractivity contribution is 0.0707. The van der Waals surface area contributed by atoms with Crippen molar-refractivity contribution < 1.29 is 13.9 Å². The van der Waals surface area contributed by atoms with E-state index in [1.165, 1.54) is 17.4 Å². The minimum atomic E-state index is -0.326. The number of ether oxygens (including phenoxy) is 1. The van der Waals surface area contributed by atoms with Crippen molar-refractivity contribution in [2.24, 2.45) is 0 Å². The normalized spacial score (nSPS) is 17.2. The molecule has 1 fully saturated rings. The van der Waals surface area contributed by atoms with Gasteiger partial charge in [-0.2, -0.15) is 0 Å². The smallest absolute Gasteiger partial charge is 0.264 e. The summed E-state index contributed by atoms with van der Waals surface area (Å²) in [6, 6.07) is 6.76. The summed E-state index contributed by atoms with van der Waals surface area (Å²) in [7, 11) is 1.55. The Labute approximate surface area is 166 Å². The second kappa shape index (κ2) is 7.81. The Morgan fingerprint density at radius 1 is 1.43 bits per heavy atom. The summed E-state index contributed by atoms with van der Waals surface area (Å²) in [6.45, 7) is 1.42. The van der Waals surface area contributed by atoms with E-state index in [2.05, 4.69) is 9.97 Å². The second-order valence-corrected chi connectivity index (χ2v) is 7.94. The number of fused-ring (bicyclic) bond motifs is 1. The van der Waals surface area contributed by atoms with Crippen molar-refractivity contribution in [2.75, 3.05) is 25.9 Å². The first-order valence-corrected chi connectivity index (χ1v) is 9.96. The maximum absolute atomic E-state index is 14.4. The van der Waals surface area contributed by atoms with Crippen LogP contribution in [0.1, 0.15) is 39.7 Å². The molecule has 2 N–H and O–H groups in total. The van der Waals surface area contributed by atoms with Crippen LogP contribution in [0.25, 0.3) is 10.1 Å². The molecule has 1 aliphatic rings. The number of nitrogens with two attached hydrogens (primary N) is 1. The zero-order chi connectivity index (χ0) is 19.7. The molecule has 1 aliphatic heterocycles. The van der Waals surface area contributed by atoms with Crippen LogP contribution in [0.15, 0.2) is 30.5 Å². The van der Waals surface area contributed by atoms with Crippen molar-refractivity contribution in [3.8, 4) is 0 Å². The second-order valence-electron chi connectivity index (χ2n) is 6.89. The minimum absolute atomic E-state index is 0.0839. The molecule has 3 heterocycles. The van der Waals surface area contributed by atoms with E-state index >= 15 is 0 Å². The van der Waals surface area contributed by atoms with Gasteiger partial charge in [0, 0.05) is 48.0 Å². The lowest BCUT2D eigenvalue weighted by Gasteiger charge is -2.32. The molecule has 3 aromatic rings. The van der Waals surface area contributed by atoms with E-state index in [1.807, 2.05) is 17.0 Å². The van der Waals surface area contributed by atoms with Crippen molar-refractivity contribution in [3.05, 3.63) is 52.4 Å². The van der Waals surface area contributed by atoms with Crippen molar-refractivity contribution in [1.82, 2.24) is 14.9 Å². The number of carbonyl (C=O) groups is 1. The van der Waals surface area contributed by atoms with Crippen LogP contribution in [-0.4, -0.2) is 41.0 Å². The van der Waals surface area contributed by atoms with E-state index in [9.17, 15) is 9.18 Å². The number of anilines is 1. The Bertz CT molecular complexity index is 1020. The number of nitrogens with zero attached hydrogens (tertiary/aromatic N) is 3. The zero-order valence-corrected chi connectivity index (χ0v) is 16.3. The number of piperidine rings is 1. The number of benzene rings is 1. The van der Waals surface area contributed by atoms with Gasteiger partial charge in [-0.05, 0) is 31.0 Å². The van der Waals surface area contributed by atoms with Gasteiger partial charge in [-0.3, -0.25) is 4.79 Å². The Morgan fingerprint density at radius 2 is 2.29 bits per heavy atom. The summed E-state index contributed by atoms with van der Waals surface area (Å²) < 4.78 is 20.4. The fourth-order valence-corrected chi connectivity index (χ4v) is 4.97. The maximum Gasteiger partial charge on any atom is 0.264 e. The summed E-state index contributed by atoms with van der Waals surface area (Å²) in [4.78, 5) is 24.0. The molecule has 8 heteroatoms. The quantitative estimate of drug-likeness (QED) is 0.724. The number of amides is 1. The van der Waals surface area contributed by atoms with Gasteiger partial charge in [0.25, 0.3) is 5.91 Å². The lowest BCUT2D eigenvalue weighted by Crippen LogP contribution is -2.39. The molecule has 1 aromatic carbocycles. The average Bonchev–Trinajstić information content (AvgIpc) is 3.08. The highest BCUT2D eigenvalue weighted by atomic mass is 32.1. The van der Waals surface area contributed by atoms with Crippen molar-refractivity contribution >= 4 is 33.3 Å². The fourth-order valence-electron chi connectivity index (χ4n) is 3.78. The number of hydrogen-bond acceptors (Lipinski definition) is 6. The van der Waals surface area contributed by atoms with Crippen LogP contribution in [0.4, 0.5) is 10.3 Å². The van der Waals surface area contributed by atoms with Crippen molar-refractivity contribution in [1.29, 1.82) is 0 Å². The van der Waals surface area contributed by atoms with E-state index in [1.54, 1.807) is 19.4 Å². The standard InChI is InChI=1S/C20H21FN4O2S/c1-27-11-13-17-14(21)5-2-6-16(17)28-18(13)19(26)25-9-3-4-12(10-25)15-7-8-23-20(22)24-15/h2,5-8,12H,3-4,9-11H2,1H3,(H2,22,23,24). The Balaban J connectivity index is 1.65. The zero-order valence-electron chi connectivity index (χ0n) is 15.5. The summed E-state index contributed by atoms with van der Waals surface area (Å²) in [5.41, 5.74) is 7.19. The molecule has 0 aliphatic carbocycles. The topological polar surface area (TPSA) is 81.3 Å². The molecule has 1 amide bonds. The highest BCUT2D eigenvalue weighted by Crippen LogP contribution is 2.36. The van der Waals surface area contributed by atoms with Crippen LogP contribution in [0.3, 0.4) is 0 Å². The first-order chi connectivity index (χ1) is 13.6. The number of aromatic nitrogens is 2. The number of nitrogen functional groups attached to an aromatic ring is 1. The third-order valence-corrected chi connectivity index (χ3v) is 6.25. The largest absolute Gasteiger partial charge is 0.380 e. The van der Waals surface area contributed by atoms with Crippen LogP contribution in [0.2, 0.25) is 0 Å². The number of thiophene rings is 1. The van der Waals surface area contributed by atoms with Crippen LogP contribution in [-0.2, 0) is 11.3 Å². The third-order valence-electron chi connectivity index (χ3n) is 5.07. The molecular formula is C20H21FN4O2S. The summed E-state index contributed by atoms with van der Waals surface area (Å²) in [6.07, 6.45) is 3.45. The summed E-state index contributed by atoms with van der Waals surface area (Å²) in [5.74, 6) is -0.0597. The third kappa shape index (κ3) is 3.45. The van der Waals surface area contributed by atoms with E-state index < -0.39 is 0 Å². The van der Waals surface area contributed by atoms with E-state index in [4.69, 9.17) is 10.5 Å². The van der Waals surface area contributed by atoms with Gasteiger partial charge in [-0.25, -0.2) is 14.4 Å². The van der Waals surface area contributed by atoms with Crippen LogP contribution in [0.5, 0.6) is 0 Å². The Hall–Kier alpha value is -2.58. The average molecular weight is 400 g/mol. The first kappa shape index (κ1) is 18.8. The van der Waals surface area contributed by atoms with Gasteiger partial charge in [-0.15, -0.1) is 11.3 Å². The van der Waals surface area contributed by atoms with Crippen LogP contribution < -0.4 is 5.73 Å². The van der Waals surface area contributed by atoms with Gasteiger partial charge in [-0.1, -0.05) is 6.07 Å². The monoisotopic (exact) mass is 400 g/mol. The molecule has 6 nitrogen and oxygen atoms in total. The number of halogens is 1. The number of rotatable bonds is 4. The molecule has 1 atom stereocenters. The molecule has 0 saturated carbocycles. The van der Waals surface area contributed by atoms with Crippen LogP contribution in [0, 0.1) is 5.82 Å². The molecule has 0 spiro atoms. The molecule has 0 bridgehead atoms. The minimum Gasteiger partial charge on any atom is -0.380 e. The molecule has 28 heavy (non-hydrogen) atoms. The molecule has 1 unspecified atom stereocenters. The highest BCUT2D eigenvalue weighted by molar-refractivity contribution is 7.21. The summed E-state index contributed by atoms with van der Waals surface area (Å²) in [5, 5.41) is 0.481. The SMILES string of the molecule is COCc1c(C(=O)N2CCCC(c3ccnc(N)n3)C2)sc2cccc(F)c12. The summed E-state index contributed by atoms with van der Waals surface area (Å²) >= 11 is 1.32. The number of methoxy groups -OCH3 is 1. The fraction of sp³-hybridized carbons (Fsp3) is 0.350. The number of likely N-dealkylation sites (tertiary alicyclic amines) is 1. The van der Waals surface area contributed by atoms with Crippen molar-refractivity contribution in [3.63, 3.8) is 0 Å². The first-order valence-electron chi connectivity index (χ1n) is 9.15. The Morgan fingerprint density at radius 3 is 3.07 bits per heavy atom. The van der Waals surface area contributed by atoms with Crippen molar-refractivity contribution in [2.45, 2.75) is 25.4 Å². The lowest BCUT2D eigenvalue weighted by atomic mass is 9.94. The molecule has 0 radical (unpaired) electrons. The van der Waals surface area contributed by atoms with E-state index in [-0.39, 0.29) is 30.2 Å². The number of carbonyl (C=O) groups excluding carboxylic acids is 1. The van der Waals surface area contributed by atoms with Crippen LogP contribution >= 0.6 is 11.3 Å². The van der Waals surface area contributed by atoms with E-state index in [0.717, 1.165) is 23.2 Å². The van der Waals surface area contributed by atoms with Gasteiger partial charge in [0.05, 0.1) is 17.2 Å².